The minimum atomic E-state index is -2.12. The number of hydrogen-bond acceptors (Lipinski definition) is 4. The summed E-state index contributed by atoms with van der Waals surface area (Å²) in [5.74, 6) is 2.79. The van der Waals surface area contributed by atoms with E-state index in [1.165, 1.54) is 24.3 Å². The number of aromatic nitrogens is 1. The van der Waals surface area contributed by atoms with Crippen molar-refractivity contribution in [1.82, 2.24) is 9.88 Å². The van der Waals surface area contributed by atoms with E-state index < -0.39 is 33.0 Å². The Labute approximate surface area is 179 Å². The Morgan fingerprint density at radius 1 is 1.06 bits per heavy atom. The van der Waals surface area contributed by atoms with Gasteiger partial charge < -0.3 is 9.80 Å². The maximum atomic E-state index is 14.7. The van der Waals surface area contributed by atoms with Crippen LogP contribution in [0, 0.1) is 23.4 Å². The molecular weight excluding hydrogens is 427 g/mol. The molecule has 5 nitrogen and oxygen atoms in total. The highest BCUT2D eigenvalue weighted by Crippen LogP contribution is 2.33. The number of hydrogen-bond donors (Lipinski definition) is 0. The molecular formula is C22H24F3N3O2S. The third-order valence-corrected chi connectivity index (χ3v) is 8.01. The van der Waals surface area contributed by atoms with Crippen LogP contribution in [0.4, 0.5) is 19.0 Å². The predicted octanol–water partition coefficient (Wildman–Crippen LogP) is 3.02. The van der Waals surface area contributed by atoms with Crippen LogP contribution in [0.25, 0.3) is 0 Å². The van der Waals surface area contributed by atoms with Crippen molar-refractivity contribution < 1.29 is 22.2 Å². The van der Waals surface area contributed by atoms with Gasteiger partial charge in [0.2, 0.25) is 5.91 Å². The quantitative estimate of drug-likeness (QED) is 0.674. The van der Waals surface area contributed by atoms with Crippen molar-refractivity contribution in [2.45, 2.75) is 18.9 Å². The molecule has 0 radical (unpaired) electrons. The van der Waals surface area contributed by atoms with Crippen LogP contribution in [0.2, 0.25) is 0 Å². The van der Waals surface area contributed by atoms with E-state index in [4.69, 9.17) is 0 Å². The number of amides is 1. The van der Waals surface area contributed by atoms with Gasteiger partial charge in [-0.1, -0.05) is 6.07 Å². The first-order valence-corrected chi connectivity index (χ1v) is 12.2. The normalized spacial score (nSPS) is 26.7. The molecule has 2 saturated heterocycles. The summed E-state index contributed by atoms with van der Waals surface area (Å²) in [6.07, 6.45) is 2.08. The summed E-state index contributed by atoms with van der Waals surface area (Å²) in [6, 6.07) is 5.53. The van der Waals surface area contributed by atoms with Crippen LogP contribution >= 0.6 is 0 Å². The SMILES string of the molecule is C=S1(=O)CCC(C(=O)N2CCN(c3ccc(F)cn3)CC2c2ccc(F)cc2F)CC1. The second kappa shape index (κ2) is 8.53. The van der Waals surface area contributed by atoms with Crippen LogP contribution in [0.15, 0.2) is 36.5 Å². The molecule has 0 saturated carbocycles. The van der Waals surface area contributed by atoms with Gasteiger partial charge in [0.25, 0.3) is 0 Å². The molecule has 31 heavy (non-hydrogen) atoms. The monoisotopic (exact) mass is 451 g/mol. The number of benzene rings is 1. The molecule has 2 aromatic rings. The van der Waals surface area contributed by atoms with Crippen molar-refractivity contribution in [2.75, 3.05) is 36.0 Å². The van der Waals surface area contributed by atoms with E-state index in [0.717, 1.165) is 12.3 Å². The fourth-order valence-electron chi connectivity index (χ4n) is 4.29. The van der Waals surface area contributed by atoms with Crippen molar-refractivity contribution in [3.63, 3.8) is 0 Å². The summed E-state index contributed by atoms with van der Waals surface area (Å²) in [4.78, 5) is 20.9. The zero-order valence-corrected chi connectivity index (χ0v) is 17.8. The zero-order chi connectivity index (χ0) is 22.2. The molecule has 0 bridgehead atoms. The Hall–Kier alpha value is -2.55. The van der Waals surface area contributed by atoms with Gasteiger partial charge in [-0.3, -0.25) is 9.00 Å². The van der Waals surface area contributed by atoms with E-state index in [9.17, 15) is 22.2 Å². The second-order valence-electron chi connectivity index (χ2n) is 8.14. The topological polar surface area (TPSA) is 53.5 Å². The maximum absolute atomic E-state index is 14.7. The summed E-state index contributed by atoms with van der Waals surface area (Å²) in [5.41, 5.74) is 0.221. The van der Waals surface area contributed by atoms with Crippen molar-refractivity contribution in [3.8, 4) is 0 Å². The van der Waals surface area contributed by atoms with Crippen LogP contribution in [0.3, 0.4) is 0 Å². The third-order valence-electron chi connectivity index (χ3n) is 6.05. The first kappa shape index (κ1) is 21.7. The number of anilines is 1. The zero-order valence-electron chi connectivity index (χ0n) is 17.0. The highest BCUT2D eigenvalue weighted by atomic mass is 32.2. The van der Waals surface area contributed by atoms with Gasteiger partial charge in [-0.2, -0.15) is 0 Å². The largest absolute Gasteiger partial charge is 0.352 e. The van der Waals surface area contributed by atoms with Gasteiger partial charge in [-0.25, -0.2) is 18.2 Å². The van der Waals surface area contributed by atoms with E-state index in [1.54, 1.807) is 4.90 Å². The lowest BCUT2D eigenvalue weighted by molar-refractivity contribution is -0.138. The number of piperazine rings is 1. The summed E-state index contributed by atoms with van der Waals surface area (Å²) in [6.45, 7) is 1.00. The summed E-state index contributed by atoms with van der Waals surface area (Å²) in [5, 5.41) is 0. The van der Waals surface area contributed by atoms with Gasteiger partial charge in [0.15, 0.2) is 0 Å². The Morgan fingerprint density at radius 2 is 1.77 bits per heavy atom. The predicted molar refractivity (Wildman–Crippen MR) is 115 cm³/mol. The van der Waals surface area contributed by atoms with Crippen LogP contribution < -0.4 is 4.90 Å². The molecule has 1 unspecified atom stereocenters. The Bertz CT molecular complexity index is 1060. The highest BCUT2D eigenvalue weighted by Gasteiger charge is 2.37. The number of halogens is 3. The smallest absolute Gasteiger partial charge is 0.226 e. The fraction of sp³-hybridized carbons (Fsp3) is 0.409. The molecule has 2 aliphatic rings. The van der Waals surface area contributed by atoms with Crippen LogP contribution in [-0.2, 0) is 14.3 Å². The minimum absolute atomic E-state index is 0.115. The van der Waals surface area contributed by atoms with Gasteiger partial charge >= 0.3 is 0 Å². The second-order valence-corrected chi connectivity index (χ2v) is 10.9. The first-order chi connectivity index (χ1) is 14.7. The van der Waals surface area contributed by atoms with Gasteiger partial charge in [-0.05, 0) is 46.4 Å². The molecule has 3 heterocycles. The van der Waals surface area contributed by atoms with Gasteiger partial charge in [0, 0.05) is 48.7 Å². The van der Waals surface area contributed by atoms with Crippen LogP contribution in [0.1, 0.15) is 24.4 Å². The number of rotatable bonds is 3. The number of pyridine rings is 1. The lowest BCUT2D eigenvalue weighted by atomic mass is 9.96. The fourth-order valence-corrected chi connectivity index (χ4v) is 5.92. The third kappa shape index (κ3) is 4.71. The molecule has 0 N–H and O–H groups in total. The van der Waals surface area contributed by atoms with Gasteiger partial charge in [0.05, 0.1) is 12.2 Å². The van der Waals surface area contributed by atoms with E-state index in [0.29, 0.717) is 43.3 Å². The van der Waals surface area contributed by atoms with Crippen LogP contribution in [0.5, 0.6) is 0 Å². The molecule has 4 rings (SSSR count). The first-order valence-electron chi connectivity index (χ1n) is 10.2. The molecule has 0 aliphatic carbocycles. The number of carbonyl (C=O) groups excluding carboxylic acids is 1. The summed E-state index contributed by atoms with van der Waals surface area (Å²) < 4.78 is 53.6. The molecule has 166 valence electrons. The van der Waals surface area contributed by atoms with E-state index in [-0.39, 0.29) is 23.9 Å². The van der Waals surface area contributed by atoms with Gasteiger partial charge in [0.1, 0.15) is 23.3 Å². The summed E-state index contributed by atoms with van der Waals surface area (Å²) in [7, 11) is -2.12. The number of nitrogens with zero attached hydrogens (tertiary/aromatic N) is 3. The van der Waals surface area contributed by atoms with E-state index in [2.05, 4.69) is 10.9 Å². The Morgan fingerprint density at radius 3 is 2.42 bits per heavy atom. The Kier molecular flexibility index (Phi) is 5.96. The average molecular weight is 452 g/mol. The molecule has 1 atom stereocenters. The van der Waals surface area contributed by atoms with E-state index >= 15 is 0 Å². The molecule has 9 heteroatoms. The summed E-state index contributed by atoms with van der Waals surface area (Å²) >= 11 is 0. The van der Waals surface area contributed by atoms with Crippen LogP contribution in [-0.4, -0.2) is 57.0 Å². The molecule has 2 fully saturated rings. The molecule has 0 spiro atoms. The molecule has 1 aromatic carbocycles. The Balaban J connectivity index is 1.62. The van der Waals surface area contributed by atoms with Crippen molar-refractivity contribution in [3.05, 3.63) is 59.5 Å². The van der Waals surface area contributed by atoms with Crippen molar-refractivity contribution in [1.29, 1.82) is 0 Å². The lowest BCUT2D eigenvalue weighted by Crippen LogP contribution is -2.53. The minimum Gasteiger partial charge on any atom is -0.352 e. The van der Waals surface area contributed by atoms with Crippen molar-refractivity contribution in [2.24, 2.45) is 5.92 Å². The average Bonchev–Trinajstić information content (AvgIpc) is 2.73. The lowest BCUT2D eigenvalue weighted by Gasteiger charge is -2.44. The van der Waals surface area contributed by atoms with Gasteiger partial charge in [-0.15, -0.1) is 0 Å². The maximum Gasteiger partial charge on any atom is 0.226 e. The molecule has 1 aromatic heterocycles. The van der Waals surface area contributed by atoms with E-state index in [1.807, 2.05) is 4.90 Å². The molecule has 2 aliphatic heterocycles. The molecule has 1 amide bonds. The standard InChI is InChI=1S/C22H24F3N3O2S/c1-31(30)10-6-15(7-11-31)22(29)28-9-8-27(21-5-3-17(24)13-26-21)14-20(28)18-4-2-16(23)12-19(18)25/h2-5,12-13,15,20H,1,6-11,14H2. The highest BCUT2D eigenvalue weighted by molar-refractivity contribution is 8.00. The number of carbonyl (C=O) groups is 1. The van der Waals surface area contributed by atoms with Crippen molar-refractivity contribution >= 4 is 27.1 Å².